The lowest BCUT2D eigenvalue weighted by Crippen LogP contribution is -2.33. The van der Waals surface area contributed by atoms with Gasteiger partial charge in [0.1, 0.15) is 5.82 Å². The van der Waals surface area contributed by atoms with Gasteiger partial charge in [-0.05, 0) is 55.8 Å². The zero-order chi connectivity index (χ0) is 21.9. The SMILES string of the molecule is COc1ccc(N([C@@H](C)c2ccc(C)cc2)S(=O)(=O)c2ccc(F)cc2)cc1OC. The van der Waals surface area contributed by atoms with E-state index in [9.17, 15) is 12.8 Å². The van der Waals surface area contributed by atoms with E-state index < -0.39 is 21.9 Å². The van der Waals surface area contributed by atoms with Crippen LogP contribution < -0.4 is 13.8 Å². The largest absolute Gasteiger partial charge is 0.493 e. The summed E-state index contributed by atoms with van der Waals surface area (Å²) in [5.41, 5.74) is 2.30. The minimum atomic E-state index is -4.00. The number of halogens is 1. The van der Waals surface area contributed by atoms with Gasteiger partial charge in [-0.1, -0.05) is 29.8 Å². The van der Waals surface area contributed by atoms with Gasteiger partial charge in [0.25, 0.3) is 10.0 Å². The first kappa shape index (κ1) is 21.6. The first-order valence-electron chi connectivity index (χ1n) is 9.36. The molecule has 0 heterocycles. The van der Waals surface area contributed by atoms with Gasteiger partial charge >= 0.3 is 0 Å². The summed E-state index contributed by atoms with van der Waals surface area (Å²) in [6.45, 7) is 3.78. The number of hydrogen-bond acceptors (Lipinski definition) is 4. The molecular formula is C23H24FNO4S. The fourth-order valence-electron chi connectivity index (χ4n) is 3.23. The van der Waals surface area contributed by atoms with Gasteiger partial charge in [-0.15, -0.1) is 0 Å². The van der Waals surface area contributed by atoms with Crippen molar-refractivity contribution in [2.45, 2.75) is 24.8 Å². The molecule has 0 amide bonds. The number of rotatable bonds is 7. The summed E-state index contributed by atoms with van der Waals surface area (Å²) in [6.07, 6.45) is 0. The molecule has 0 aromatic heterocycles. The normalized spacial score (nSPS) is 12.3. The predicted molar refractivity (Wildman–Crippen MR) is 115 cm³/mol. The van der Waals surface area contributed by atoms with Gasteiger partial charge in [0, 0.05) is 6.07 Å². The van der Waals surface area contributed by atoms with E-state index in [1.807, 2.05) is 38.1 Å². The minimum absolute atomic E-state index is 0.00218. The molecule has 0 saturated heterocycles. The van der Waals surface area contributed by atoms with Crippen LogP contribution in [-0.2, 0) is 10.0 Å². The van der Waals surface area contributed by atoms with E-state index >= 15 is 0 Å². The average molecular weight is 430 g/mol. The van der Waals surface area contributed by atoms with E-state index in [-0.39, 0.29) is 4.90 Å². The highest BCUT2D eigenvalue weighted by Gasteiger charge is 2.31. The lowest BCUT2D eigenvalue weighted by atomic mass is 10.1. The standard InChI is InChI=1S/C23H24FNO4S/c1-16-5-7-18(8-6-16)17(2)25(20-11-14-22(28-3)23(15-20)29-4)30(26,27)21-12-9-19(24)10-13-21/h5-15,17H,1-4H3/t17-/m0/s1. The summed E-state index contributed by atoms with van der Waals surface area (Å²) >= 11 is 0. The van der Waals surface area contributed by atoms with Crippen molar-refractivity contribution in [2.75, 3.05) is 18.5 Å². The molecule has 7 heteroatoms. The molecule has 0 aliphatic rings. The van der Waals surface area contributed by atoms with Crippen molar-refractivity contribution >= 4 is 15.7 Å². The van der Waals surface area contributed by atoms with Crippen LogP contribution in [0, 0.1) is 12.7 Å². The summed E-state index contributed by atoms with van der Waals surface area (Å²) < 4.78 is 52.6. The van der Waals surface area contributed by atoms with Crippen LogP contribution in [0.3, 0.4) is 0 Å². The van der Waals surface area contributed by atoms with Gasteiger partial charge in [-0.2, -0.15) is 0 Å². The third-order valence-corrected chi connectivity index (χ3v) is 6.82. The molecule has 3 aromatic rings. The van der Waals surface area contributed by atoms with Crippen molar-refractivity contribution in [3.05, 3.63) is 83.7 Å². The molecule has 5 nitrogen and oxygen atoms in total. The Labute approximate surface area is 176 Å². The van der Waals surface area contributed by atoms with Crippen molar-refractivity contribution in [3.63, 3.8) is 0 Å². The fraction of sp³-hybridized carbons (Fsp3) is 0.217. The third kappa shape index (κ3) is 4.26. The van der Waals surface area contributed by atoms with Gasteiger partial charge in [0.05, 0.1) is 30.8 Å². The number of sulfonamides is 1. The molecule has 0 aliphatic carbocycles. The van der Waals surface area contributed by atoms with Crippen molar-refractivity contribution in [1.82, 2.24) is 0 Å². The first-order valence-corrected chi connectivity index (χ1v) is 10.8. The molecule has 0 bridgehead atoms. The molecule has 0 radical (unpaired) electrons. The third-order valence-electron chi connectivity index (χ3n) is 4.90. The second kappa shape index (κ2) is 8.75. The Morgan fingerprint density at radius 2 is 1.47 bits per heavy atom. The summed E-state index contributed by atoms with van der Waals surface area (Å²) in [5.74, 6) is 0.395. The van der Waals surface area contributed by atoms with Gasteiger partial charge in [0.15, 0.2) is 11.5 Å². The zero-order valence-corrected chi connectivity index (χ0v) is 18.1. The van der Waals surface area contributed by atoms with Crippen LogP contribution in [0.25, 0.3) is 0 Å². The van der Waals surface area contributed by atoms with Crippen LogP contribution in [0.2, 0.25) is 0 Å². The van der Waals surface area contributed by atoms with Gasteiger partial charge in [-0.25, -0.2) is 12.8 Å². The first-order chi connectivity index (χ1) is 14.3. The highest BCUT2D eigenvalue weighted by molar-refractivity contribution is 7.92. The Morgan fingerprint density at radius 1 is 0.867 bits per heavy atom. The Balaban J connectivity index is 2.18. The maximum absolute atomic E-state index is 13.6. The van der Waals surface area contributed by atoms with Crippen LogP contribution in [0.1, 0.15) is 24.1 Å². The van der Waals surface area contributed by atoms with E-state index in [2.05, 4.69) is 0 Å². The number of anilines is 1. The Kier molecular flexibility index (Phi) is 6.31. The van der Waals surface area contributed by atoms with Crippen LogP contribution in [0.5, 0.6) is 11.5 Å². The number of ether oxygens (including phenoxy) is 2. The highest BCUT2D eigenvalue weighted by Crippen LogP contribution is 2.38. The second-order valence-electron chi connectivity index (χ2n) is 6.88. The molecule has 0 unspecified atom stereocenters. The average Bonchev–Trinajstić information content (AvgIpc) is 2.74. The van der Waals surface area contributed by atoms with Gasteiger partial charge in [-0.3, -0.25) is 4.31 Å². The maximum Gasteiger partial charge on any atom is 0.264 e. The van der Waals surface area contributed by atoms with E-state index in [1.54, 1.807) is 18.2 Å². The monoisotopic (exact) mass is 429 g/mol. The molecule has 0 N–H and O–H groups in total. The van der Waals surface area contributed by atoms with E-state index in [0.717, 1.165) is 23.3 Å². The summed E-state index contributed by atoms with van der Waals surface area (Å²) in [5, 5.41) is 0. The van der Waals surface area contributed by atoms with Gasteiger partial charge in [0.2, 0.25) is 0 Å². The molecular weight excluding hydrogens is 405 g/mol. The summed E-state index contributed by atoms with van der Waals surface area (Å²) in [6, 6.07) is 16.9. The van der Waals surface area contributed by atoms with Crippen molar-refractivity contribution < 1.29 is 22.3 Å². The Hall–Kier alpha value is -3.06. The van der Waals surface area contributed by atoms with Crippen molar-refractivity contribution in [1.29, 1.82) is 0 Å². The molecule has 158 valence electrons. The summed E-state index contributed by atoms with van der Waals surface area (Å²) in [4.78, 5) is -0.00218. The van der Waals surface area contributed by atoms with Gasteiger partial charge < -0.3 is 9.47 Å². The number of nitrogens with zero attached hydrogens (tertiary/aromatic N) is 1. The minimum Gasteiger partial charge on any atom is -0.493 e. The zero-order valence-electron chi connectivity index (χ0n) is 17.3. The Morgan fingerprint density at radius 3 is 2.03 bits per heavy atom. The molecule has 3 aromatic carbocycles. The Bertz CT molecular complexity index is 1110. The van der Waals surface area contributed by atoms with E-state index in [4.69, 9.17) is 9.47 Å². The molecule has 0 saturated carbocycles. The highest BCUT2D eigenvalue weighted by atomic mass is 32.2. The number of aryl methyl sites for hydroxylation is 1. The van der Waals surface area contributed by atoms with Crippen LogP contribution in [-0.4, -0.2) is 22.6 Å². The van der Waals surface area contributed by atoms with Crippen LogP contribution >= 0.6 is 0 Å². The molecule has 3 rings (SSSR count). The molecule has 0 aliphatic heterocycles. The van der Waals surface area contributed by atoms with Crippen LogP contribution in [0.15, 0.2) is 71.6 Å². The second-order valence-corrected chi connectivity index (χ2v) is 8.70. The van der Waals surface area contributed by atoms with Crippen molar-refractivity contribution in [2.24, 2.45) is 0 Å². The molecule has 30 heavy (non-hydrogen) atoms. The van der Waals surface area contributed by atoms with Crippen LogP contribution in [0.4, 0.5) is 10.1 Å². The lowest BCUT2D eigenvalue weighted by Gasteiger charge is -2.31. The van der Waals surface area contributed by atoms with E-state index in [1.165, 1.54) is 30.7 Å². The predicted octanol–water partition coefficient (Wildman–Crippen LogP) is 5.11. The number of hydrogen-bond donors (Lipinski definition) is 0. The molecule has 1 atom stereocenters. The molecule has 0 spiro atoms. The molecule has 0 fully saturated rings. The number of benzene rings is 3. The lowest BCUT2D eigenvalue weighted by molar-refractivity contribution is 0.355. The fourth-order valence-corrected chi connectivity index (χ4v) is 4.87. The number of methoxy groups -OCH3 is 2. The topological polar surface area (TPSA) is 55.8 Å². The van der Waals surface area contributed by atoms with E-state index in [0.29, 0.717) is 17.2 Å². The van der Waals surface area contributed by atoms with Crippen molar-refractivity contribution in [3.8, 4) is 11.5 Å². The quantitative estimate of drug-likeness (QED) is 0.524. The smallest absolute Gasteiger partial charge is 0.264 e. The maximum atomic E-state index is 13.6. The summed E-state index contributed by atoms with van der Waals surface area (Å²) in [7, 11) is -0.999.